The number of anilines is 1. The molecule has 34 heavy (non-hydrogen) atoms. The first-order valence-electron chi connectivity index (χ1n) is 12.0. The van der Waals surface area contributed by atoms with Crippen molar-refractivity contribution in [3.8, 4) is 0 Å². The number of hydrogen-bond acceptors (Lipinski definition) is 5. The van der Waals surface area contributed by atoms with Gasteiger partial charge in [0, 0.05) is 51.1 Å². The molecule has 3 heterocycles. The molecule has 178 valence electrons. The lowest BCUT2D eigenvalue weighted by atomic mass is 10.1. The number of sulfonamides is 1. The Labute approximate surface area is 201 Å². The molecule has 8 heteroatoms. The highest BCUT2D eigenvalue weighted by atomic mass is 32.2. The van der Waals surface area contributed by atoms with Gasteiger partial charge in [-0.15, -0.1) is 0 Å². The van der Waals surface area contributed by atoms with Crippen LogP contribution in [0.4, 0.5) is 5.82 Å². The summed E-state index contributed by atoms with van der Waals surface area (Å²) < 4.78 is 26.9. The quantitative estimate of drug-likeness (QED) is 0.544. The number of pyridine rings is 1. The Kier molecular flexibility index (Phi) is 6.52. The standard InChI is InChI=1S/C26H30N4O3S/c31-26(14-9-21-7-11-23(12-8-21)34(32,33)30-15-3-4-16-30)29-19-17-28(18-20-29)25-13-10-22-5-1-2-6-24(22)27-25/h1-2,5-8,10-13H,3-4,9,14-20H2. The molecule has 2 aromatic carbocycles. The van der Waals surface area contributed by atoms with E-state index in [1.165, 1.54) is 0 Å². The Morgan fingerprint density at radius 2 is 1.53 bits per heavy atom. The predicted octanol–water partition coefficient (Wildman–Crippen LogP) is 3.30. The van der Waals surface area contributed by atoms with Gasteiger partial charge in [0.25, 0.3) is 0 Å². The van der Waals surface area contributed by atoms with Gasteiger partial charge in [0.1, 0.15) is 5.82 Å². The summed E-state index contributed by atoms with van der Waals surface area (Å²) in [6, 6.07) is 19.2. The third kappa shape index (κ3) is 4.79. The minimum Gasteiger partial charge on any atom is -0.353 e. The minimum absolute atomic E-state index is 0.139. The van der Waals surface area contributed by atoms with Gasteiger partial charge in [0.05, 0.1) is 10.4 Å². The second kappa shape index (κ2) is 9.72. The maximum Gasteiger partial charge on any atom is 0.243 e. The van der Waals surface area contributed by atoms with E-state index in [9.17, 15) is 13.2 Å². The molecule has 1 aromatic heterocycles. The number of carbonyl (C=O) groups excluding carboxylic acids is 1. The first-order chi connectivity index (χ1) is 16.5. The highest BCUT2D eigenvalue weighted by Gasteiger charge is 2.27. The van der Waals surface area contributed by atoms with Gasteiger partial charge in [0.15, 0.2) is 0 Å². The van der Waals surface area contributed by atoms with Gasteiger partial charge in [0.2, 0.25) is 15.9 Å². The molecule has 0 unspecified atom stereocenters. The Morgan fingerprint density at radius 1 is 0.824 bits per heavy atom. The maximum atomic E-state index is 12.8. The van der Waals surface area contributed by atoms with Crippen molar-refractivity contribution in [3.05, 3.63) is 66.2 Å². The van der Waals surface area contributed by atoms with Crippen LogP contribution in [0.5, 0.6) is 0 Å². The third-order valence-corrected chi connectivity index (χ3v) is 8.71. The molecule has 0 spiro atoms. The number of piperazine rings is 1. The zero-order chi connectivity index (χ0) is 23.5. The monoisotopic (exact) mass is 478 g/mol. The largest absolute Gasteiger partial charge is 0.353 e. The molecule has 0 N–H and O–H groups in total. The molecular weight excluding hydrogens is 448 g/mol. The van der Waals surface area contributed by atoms with Crippen LogP contribution in [0.3, 0.4) is 0 Å². The molecule has 0 saturated carbocycles. The van der Waals surface area contributed by atoms with Crippen LogP contribution in [-0.4, -0.2) is 67.8 Å². The molecule has 3 aromatic rings. The smallest absolute Gasteiger partial charge is 0.243 e. The summed E-state index contributed by atoms with van der Waals surface area (Å²) in [5.41, 5.74) is 1.96. The van der Waals surface area contributed by atoms with Gasteiger partial charge < -0.3 is 9.80 Å². The van der Waals surface area contributed by atoms with Crippen LogP contribution in [-0.2, 0) is 21.2 Å². The van der Waals surface area contributed by atoms with E-state index in [-0.39, 0.29) is 5.91 Å². The lowest BCUT2D eigenvalue weighted by Crippen LogP contribution is -2.49. The average Bonchev–Trinajstić information content (AvgIpc) is 3.43. The number of benzene rings is 2. The summed E-state index contributed by atoms with van der Waals surface area (Å²) in [4.78, 5) is 22.0. The number of aromatic nitrogens is 1. The van der Waals surface area contributed by atoms with Crippen molar-refractivity contribution in [2.24, 2.45) is 0 Å². The van der Waals surface area contributed by atoms with Crippen LogP contribution in [0.1, 0.15) is 24.8 Å². The fourth-order valence-electron chi connectivity index (χ4n) is 4.73. The summed E-state index contributed by atoms with van der Waals surface area (Å²) in [5.74, 6) is 1.09. The number of carbonyl (C=O) groups is 1. The SMILES string of the molecule is O=C(CCc1ccc(S(=O)(=O)N2CCCC2)cc1)N1CCN(c2ccc3ccccc3n2)CC1. The molecule has 0 radical (unpaired) electrons. The summed E-state index contributed by atoms with van der Waals surface area (Å²) in [6.45, 7) is 4.09. The van der Waals surface area contributed by atoms with Crippen molar-refractivity contribution in [1.82, 2.24) is 14.2 Å². The van der Waals surface area contributed by atoms with Crippen molar-refractivity contribution in [2.45, 2.75) is 30.6 Å². The molecule has 0 atom stereocenters. The number of rotatable bonds is 6. The molecule has 5 rings (SSSR count). The van der Waals surface area contributed by atoms with E-state index in [1.54, 1.807) is 16.4 Å². The number of para-hydroxylation sites is 1. The Balaban J connectivity index is 1.13. The molecule has 2 aliphatic rings. The Bertz CT molecular complexity index is 1260. The first-order valence-corrected chi connectivity index (χ1v) is 13.4. The second-order valence-electron chi connectivity index (χ2n) is 8.99. The topological polar surface area (TPSA) is 73.8 Å². The zero-order valence-electron chi connectivity index (χ0n) is 19.3. The summed E-state index contributed by atoms with van der Waals surface area (Å²) in [5, 5.41) is 1.13. The number of hydrogen-bond donors (Lipinski definition) is 0. The molecule has 0 aliphatic carbocycles. The fraction of sp³-hybridized carbons (Fsp3) is 0.385. The van der Waals surface area contributed by atoms with Crippen LogP contribution in [0.25, 0.3) is 10.9 Å². The third-order valence-electron chi connectivity index (χ3n) is 6.79. The van der Waals surface area contributed by atoms with Crippen molar-refractivity contribution < 1.29 is 13.2 Å². The van der Waals surface area contributed by atoms with E-state index in [2.05, 4.69) is 17.0 Å². The van der Waals surface area contributed by atoms with Crippen LogP contribution >= 0.6 is 0 Å². The molecule has 2 aliphatic heterocycles. The van der Waals surface area contributed by atoms with E-state index in [4.69, 9.17) is 4.98 Å². The van der Waals surface area contributed by atoms with E-state index in [0.29, 0.717) is 43.9 Å². The van der Waals surface area contributed by atoms with E-state index in [1.807, 2.05) is 41.3 Å². The van der Waals surface area contributed by atoms with Crippen molar-refractivity contribution >= 4 is 32.7 Å². The van der Waals surface area contributed by atoms with Crippen molar-refractivity contribution in [1.29, 1.82) is 0 Å². The van der Waals surface area contributed by atoms with E-state index in [0.717, 1.165) is 48.2 Å². The van der Waals surface area contributed by atoms with Gasteiger partial charge in [-0.1, -0.05) is 30.3 Å². The molecule has 1 amide bonds. The minimum atomic E-state index is -3.40. The Hall–Kier alpha value is -2.97. The number of aryl methyl sites for hydroxylation is 1. The number of amides is 1. The van der Waals surface area contributed by atoms with E-state index >= 15 is 0 Å². The Morgan fingerprint density at radius 3 is 2.26 bits per heavy atom. The van der Waals surface area contributed by atoms with Crippen molar-refractivity contribution in [2.75, 3.05) is 44.2 Å². The first kappa shape index (κ1) is 22.8. The van der Waals surface area contributed by atoms with E-state index < -0.39 is 10.0 Å². The summed E-state index contributed by atoms with van der Waals surface area (Å²) in [7, 11) is -3.40. The predicted molar refractivity (Wildman–Crippen MR) is 133 cm³/mol. The highest BCUT2D eigenvalue weighted by molar-refractivity contribution is 7.89. The fourth-order valence-corrected chi connectivity index (χ4v) is 6.25. The summed E-state index contributed by atoms with van der Waals surface area (Å²) >= 11 is 0. The molecule has 2 saturated heterocycles. The van der Waals surface area contributed by atoms with Gasteiger partial charge in [-0.25, -0.2) is 13.4 Å². The zero-order valence-corrected chi connectivity index (χ0v) is 20.1. The van der Waals surface area contributed by atoms with Gasteiger partial charge in [-0.2, -0.15) is 4.31 Å². The van der Waals surface area contributed by atoms with Gasteiger partial charge in [-0.05, 0) is 55.2 Å². The number of nitrogens with zero attached hydrogens (tertiary/aromatic N) is 4. The van der Waals surface area contributed by atoms with Crippen LogP contribution in [0.15, 0.2) is 65.6 Å². The second-order valence-corrected chi connectivity index (χ2v) is 10.9. The summed E-state index contributed by atoms with van der Waals surface area (Å²) in [6.07, 6.45) is 2.88. The van der Waals surface area contributed by atoms with Gasteiger partial charge in [-0.3, -0.25) is 4.79 Å². The van der Waals surface area contributed by atoms with Crippen LogP contribution in [0, 0.1) is 0 Å². The average molecular weight is 479 g/mol. The molecular formula is C26H30N4O3S. The number of fused-ring (bicyclic) bond motifs is 1. The van der Waals surface area contributed by atoms with Crippen molar-refractivity contribution in [3.63, 3.8) is 0 Å². The van der Waals surface area contributed by atoms with Crippen LogP contribution in [0.2, 0.25) is 0 Å². The van der Waals surface area contributed by atoms with Crippen LogP contribution < -0.4 is 4.90 Å². The lowest BCUT2D eigenvalue weighted by molar-refractivity contribution is -0.131. The highest BCUT2D eigenvalue weighted by Crippen LogP contribution is 2.22. The maximum absolute atomic E-state index is 12.8. The molecule has 7 nitrogen and oxygen atoms in total. The normalized spacial score (nSPS) is 17.4. The lowest BCUT2D eigenvalue weighted by Gasteiger charge is -2.35. The molecule has 2 fully saturated rings. The molecule has 0 bridgehead atoms. The van der Waals surface area contributed by atoms with Gasteiger partial charge >= 0.3 is 0 Å².